The maximum Gasteiger partial charge on any atom is 0.251 e. The molecule has 0 aliphatic heterocycles. The summed E-state index contributed by atoms with van der Waals surface area (Å²) in [5.41, 5.74) is 1.19. The Hall–Kier alpha value is -2.50. The summed E-state index contributed by atoms with van der Waals surface area (Å²) in [7, 11) is 1.70. The van der Waals surface area contributed by atoms with Crippen molar-refractivity contribution >= 4 is 11.7 Å². The Kier molecular flexibility index (Phi) is 4.47. The van der Waals surface area contributed by atoms with Crippen molar-refractivity contribution < 1.29 is 13.6 Å². The third kappa shape index (κ3) is 3.75. The first-order chi connectivity index (χ1) is 9.99. The standard InChI is InChI=1S/C15H15F2N3O/c1-9-5-10(7-14(18-2)20-9)15(21)19-8-11-6-12(16)3-4-13(11)17/h3-7H,8H2,1-2H3,(H,18,20)(H,19,21). The Morgan fingerprint density at radius 3 is 2.71 bits per heavy atom. The zero-order chi connectivity index (χ0) is 15.4. The van der Waals surface area contributed by atoms with Gasteiger partial charge in [0.2, 0.25) is 0 Å². The van der Waals surface area contributed by atoms with Crippen molar-refractivity contribution in [2.75, 3.05) is 12.4 Å². The van der Waals surface area contributed by atoms with Crippen molar-refractivity contribution in [3.05, 3.63) is 58.8 Å². The van der Waals surface area contributed by atoms with Crippen molar-refractivity contribution in [2.24, 2.45) is 0 Å². The zero-order valence-electron chi connectivity index (χ0n) is 11.7. The van der Waals surface area contributed by atoms with E-state index in [1.54, 1.807) is 26.1 Å². The predicted octanol–water partition coefficient (Wildman–Crippen LogP) is 2.64. The number of carbonyl (C=O) groups is 1. The Bertz CT molecular complexity index is 674. The van der Waals surface area contributed by atoms with Crippen LogP contribution in [0.2, 0.25) is 0 Å². The van der Waals surface area contributed by atoms with E-state index >= 15 is 0 Å². The molecule has 0 aliphatic carbocycles. The quantitative estimate of drug-likeness (QED) is 0.910. The first-order valence-electron chi connectivity index (χ1n) is 6.38. The molecule has 0 saturated heterocycles. The summed E-state index contributed by atoms with van der Waals surface area (Å²) in [6, 6.07) is 6.34. The lowest BCUT2D eigenvalue weighted by Gasteiger charge is -2.08. The number of halogens is 2. The summed E-state index contributed by atoms with van der Waals surface area (Å²) < 4.78 is 26.5. The number of carbonyl (C=O) groups excluding carboxylic acids is 1. The van der Waals surface area contributed by atoms with E-state index in [2.05, 4.69) is 15.6 Å². The maximum atomic E-state index is 13.5. The lowest BCUT2D eigenvalue weighted by molar-refractivity contribution is 0.0950. The summed E-state index contributed by atoms with van der Waals surface area (Å²) in [6.07, 6.45) is 0. The van der Waals surface area contributed by atoms with E-state index in [0.717, 1.165) is 18.2 Å². The molecule has 2 aromatic rings. The lowest BCUT2D eigenvalue weighted by atomic mass is 10.1. The summed E-state index contributed by atoms with van der Waals surface area (Å²) >= 11 is 0. The van der Waals surface area contributed by atoms with E-state index in [4.69, 9.17) is 0 Å². The second-order valence-corrected chi connectivity index (χ2v) is 4.55. The molecule has 2 N–H and O–H groups in total. The van der Waals surface area contributed by atoms with Gasteiger partial charge in [0.1, 0.15) is 17.5 Å². The van der Waals surface area contributed by atoms with Crippen LogP contribution < -0.4 is 10.6 Å². The molecule has 1 aromatic carbocycles. The van der Waals surface area contributed by atoms with Gasteiger partial charge in [-0.2, -0.15) is 0 Å². The number of anilines is 1. The van der Waals surface area contributed by atoms with Gasteiger partial charge in [0.25, 0.3) is 5.91 Å². The monoisotopic (exact) mass is 291 g/mol. The van der Waals surface area contributed by atoms with E-state index in [9.17, 15) is 13.6 Å². The number of pyridine rings is 1. The fraction of sp³-hybridized carbons (Fsp3) is 0.200. The van der Waals surface area contributed by atoms with E-state index < -0.39 is 11.6 Å². The number of amides is 1. The molecule has 4 nitrogen and oxygen atoms in total. The van der Waals surface area contributed by atoms with Crippen molar-refractivity contribution in [1.29, 1.82) is 0 Å². The Morgan fingerprint density at radius 2 is 2.00 bits per heavy atom. The third-order valence-electron chi connectivity index (χ3n) is 2.92. The van der Waals surface area contributed by atoms with Gasteiger partial charge in [-0.05, 0) is 37.3 Å². The molecule has 21 heavy (non-hydrogen) atoms. The van der Waals surface area contributed by atoms with Crippen molar-refractivity contribution in [3.63, 3.8) is 0 Å². The SMILES string of the molecule is CNc1cc(C(=O)NCc2cc(F)ccc2F)cc(C)n1. The number of nitrogens with zero attached hydrogens (tertiary/aromatic N) is 1. The minimum Gasteiger partial charge on any atom is -0.373 e. The van der Waals surface area contributed by atoms with Gasteiger partial charge in [0.05, 0.1) is 0 Å². The van der Waals surface area contributed by atoms with E-state index in [0.29, 0.717) is 17.1 Å². The molecule has 0 saturated carbocycles. The highest BCUT2D eigenvalue weighted by Gasteiger charge is 2.10. The second-order valence-electron chi connectivity index (χ2n) is 4.55. The molecular formula is C15H15F2N3O. The molecule has 6 heteroatoms. The number of hydrogen-bond donors (Lipinski definition) is 2. The van der Waals surface area contributed by atoms with Gasteiger partial charge in [-0.3, -0.25) is 4.79 Å². The van der Waals surface area contributed by atoms with Crippen molar-refractivity contribution in [1.82, 2.24) is 10.3 Å². The van der Waals surface area contributed by atoms with Crippen molar-refractivity contribution in [2.45, 2.75) is 13.5 Å². The number of nitrogens with one attached hydrogen (secondary N) is 2. The molecule has 2 rings (SSSR count). The third-order valence-corrected chi connectivity index (χ3v) is 2.92. The van der Waals surface area contributed by atoms with Gasteiger partial charge in [0, 0.05) is 30.4 Å². The van der Waals surface area contributed by atoms with Crippen LogP contribution in [0.4, 0.5) is 14.6 Å². The smallest absolute Gasteiger partial charge is 0.251 e. The minimum absolute atomic E-state index is 0.0846. The highest BCUT2D eigenvalue weighted by Crippen LogP contribution is 2.12. The van der Waals surface area contributed by atoms with Crippen LogP contribution in [0.3, 0.4) is 0 Å². The van der Waals surface area contributed by atoms with Crippen LogP contribution in [-0.4, -0.2) is 17.9 Å². The Balaban J connectivity index is 2.11. The van der Waals surface area contributed by atoms with Gasteiger partial charge >= 0.3 is 0 Å². The number of hydrogen-bond acceptors (Lipinski definition) is 3. The average Bonchev–Trinajstić information content (AvgIpc) is 2.47. The summed E-state index contributed by atoms with van der Waals surface area (Å²) in [6.45, 7) is 1.68. The van der Waals surface area contributed by atoms with Crippen LogP contribution in [0.15, 0.2) is 30.3 Å². The number of benzene rings is 1. The van der Waals surface area contributed by atoms with E-state index in [1.165, 1.54) is 0 Å². The first-order valence-corrected chi connectivity index (χ1v) is 6.38. The fourth-order valence-electron chi connectivity index (χ4n) is 1.88. The average molecular weight is 291 g/mol. The van der Waals surface area contributed by atoms with E-state index in [1.807, 2.05) is 0 Å². The minimum atomic E-state index is -0.557. The molecule has 0 aliphatic rings. The Labute approximate surface area is 121 Å². The Morgan fingerprint density at radius 1 is 1.24 bits per heavy atom. The van der Waals surface area contributed by atoms with Gasteiger partial charge in [-0.15, -0.1) is 0 Å². The summed E-state index contributed by atoms with van der Waals surface area (Å²) in [4.78, 5) is 16.2. The first kappa shape index (κ1) is 14.9. The van der Waals surface area contributed by atoms with Gasteiger partial charge in [0.15, 0.2) is 0 Å². The molecule has 1 amide bonds. The molecule has 110 valence electrons. The number of rotatable bonds is 4. The molecule has 0 radical (unpaired) electrons. The number of aryl methyl sites for hydroxylation is 1. The molecule has 1 heterocycles. The highest BCUT2D eigenvalue weighted by molar-refractivity contribution is 5.94. The van der Waals surface area contributed by atoms with Crippen LogP contribution in [0, 0.1) is 18.6 Å². The fourth-order valence-corrected chi connectivity index (χ4v) is 1.88. The van der Waals surface area contributed by atoms with E-state index in [-0.39, 0.29) is 18.0 Å². The second kappa shape index (κ2) is 6.30. The van der Waals surface area contributed by atoms with Crippen LogP contribution in [-0.2, 0) is 6.54 Å². The van der Waals surface area contributed by atoms with Crippen LogP contribution in [0.25, 0.3) is 0 Å². The molecule has 0 atom stereocenters. The topological polar surface area (TPSA) is 54.0 Å². The van der Waals surface area contributed by atoms with Crippen LogP contribution >= 0.6 is 0 Å². The molecule has 1 aromatic heterocycles. The van der Waals surface area contributed by atoms with Gasteiger partial charge < -0.3 is 10.6 Å². The highest BCUT2D eigenvalue weighted by atomic mass is 19.1. The van der Waals surface area contributed by atoms with Gasteiger partial charge in [-0.25, -0.2) is 13.8 Å². The molecule has 0 unspecified atom stereocenters. The molecular weight excluding hydrogens is 276 g/mol. The molecule has 0 spiro atoms. The lowest BCUT2D eigenvalue weighted by Crippen LogP contribution is -2.23. The van der Waals surface area contributed by atoms with Crippen LogP contribution in [0.5, 0.6) is 0 Å². The van der Waals surface area contributed by atoms with Crippen molar-refractivity contribution in [3.8, 4) is 0 Å². The maximum absolute atomic E-state index is 13.5. The molecule has 0 fully saturated rings. The van der Waals surface area contributed by atoms with Crippen LogP contribution in [0.1, 0.15) is 21.6 Å². The number of aromatic nitrogens is 1. The summed E-state index contributed by atoms with van der Waals surface area (Å²) in [5, 5.41) is 5.41. The molecule has 0 bridgehead atoms. The predicted molar refractivity (Wildman–Crippen MR) is 76.0 cm³/mol. The van der Waals surface area contributed by atoms with Gasteiger partial charge in [-0.1, -0.05) is 0 Å². The largest absolute Gasteiger partial charge is 0.373 e. The summed E-state index contributed by atoms with van der Waals surface area (Å²) in [5.74, 6) is -0.908. The zero-order valence-corrected chi connectivity index (χ0v) is 11.7. The normalized spacial score (nSPS) is 10.3.